The summed E-state index contributed by atoms with van der Waals surface area (Å²) in [6.45, 7) is 4.91. The minimum absolute atomic E-state index is 0.620. The SMILES string of the molecule is COCCCN(Cc1ccc(Cl)cc1Cl)C1CCNCC1. The predicted octanol–water partition coefficient (Wildman–Crippen LogP) is 3.58. The first kappa shape index (κ1) is 17.0. The molecule has 0 unspecified atom stereocenters. The molecule has 0 spiro atoms. The van der Waals surface area contributed by atoms with Crippen LogP contribution >= 0.6 is 23.2 Å². The maximum absolute atomic E-state index is 6.33. The molecule has 0 bridgehead atoms. The number of hydrogen-bond donors (Lipinski definition) is 1. The van der Waals surface area contributed by atoms with E-state index in [-0.39, 0.29) is 0 Å². The number of methoxy groups -OCH3 is 1. The average Bonchev–Trinajstić information content (AvgIpc) is 2.49. The fourth-order valence-corrected chi connectivity index (χ4v) is 3.31. The summed E-state index contributed by atoms with van der Waals surface area (Å²) in [6.07, 6.45) is 3.43. The van der Waals surface area contributed by atoms with Gasteiger partial charge < -0.3 is 10.1 Å². The van der Waals surface area contributed by atoms with Crippen molar-refractivity contribution in [1.82, 2.24) is 10.2 Å². The Morgan fingerprint density at radius 3 is 2.71 bits per heavy atom. The lowest BCUT2D eigenvalue weighted by molar-refractivity contribution is 0.126. The van der Waals surface area contributed by atoms with Crippen LogP contribution in [0.15, 0.2) is 18.2 Å². The van der Waals surface area contributed by atoms with E-state index in [1.54, 1.807) is 7.11 Å². The second-order valence-electron chi connectivity index (χ2n) is 5.53. The third-order valence-corrected chi connectivity index (χ3v) is 4.59. The van der Waals surface area contributed by atoms with Crippen LogP contribution in [0, 0.1) is 0 Å². The van der Waals surface area contributed by atoms with Crippen molar-refractivity contribution in [3.8, 4) is 0 Å². The van der Waals surface area contributed by atoms with Crippen LogP contribution in [-0.2, 0) is 11.3 Å². The third kappa shape index (κ3) is 5.42. The molecule has 5 heteroatoms. The topological polar surface area (TPSA) is 24.5 Å². The van der Waals surface area contributed by atoms with Gasteiger partial charge in [0.2, 0.25) is 0 Å². The molecule has 2 rings (SSSR count). The lowest BCUT2D eigenvalue weighted by Gasteiger charge is -2.35. The summed E-state index contributed by atoms with van der Waals surface area (Å²) in [6, 6.07) is 6.40. The van der Waals surface area contributed by atoms with E-state index in [0.717, 1.165) is 49.8 Å². The van der Waals surface area contributed by atoms with Crippen molar-refractivity contribution in [3.05, 3.63) is 33.8 Å². The van der Waals surface area contributed by atoms with Crippen molar-refractivity contribution in [2.45, 2.75) is 31.8 Å². The monoisotopic (exact) mass is 330 g/mol. The van der Waals surface area contributed by atoms with E-state index >= 15 is 0 Å². The van der Waals surface area contributed by atoms with Gasteiger partial charge in [-0.15, -0.1) is 0 Å². The minimum atomic E-state index is 0.620. The Hall–Kier alpha value is -0.320. The quantitative estimate of drug-likeness (QED) is 0.773. The summed E-state index contributed by atoms with van der Waals surface area (Å²) >= 11 is 12.3. The number of rotatable bonds is 7. The van der Waals surface area contributed by atoms with Crippen LogP contribution in [0.25, 0.3) is 0 Å². The molecule has 1 aromatic rings. The zero-order valence-corrected chi connectivity index (χ0v) is 14.1. The van der Waals surface area contributed by atoms with Crippen molar-refractivity contribution >= 4 is 23.2 Å². The number of halogens is 2. The van der Waals surface area contributed by atoms with Crippen LogP contribution in [0.1, 0.15) is 24.8 Å². The summed E-state index contributed by atoms with van der Waals surface area (Å²) < 4.78 is 5.19. The zero-order chi connectivity index (χ0) is 15.1. The van der Waals surface area contributed by atoms with E-state index < -0.39 is 0 Å². The Balaban J connectivity index is 2.02. The molecule has 1 saturated heterocycles. The molecule has 1 N–H and O–H groups in total. The zero-order valence-electron chi connectivity index (χ0n) is 12.6. The predicted molar refractivity (Wildman–Crippen MR) is 89.3 cm³/mol. The molecule has 21 heavy (non-hydrogen) atoms. The molecular weight excluding hydrogens is 307 g/mol. The Labute approximate surface area is 137 Å². The molecule has 3 nitrogen and oxygen atoms in total. The molecule has 1 fully saturated rings. The molecule has 1 aliphatic rings. The third-order valence-electron chi connectivity index (χ3n) is 4.01. The van der Waals surface area contributed by atoms with Crippen molar-refractivity contribution in [3.63, 3.8) is 0 Å². The normalized spacial score (nSPS) is 16.6. The van der Waals surface area contributed by atoms with Gasteiger partial charge in [0.05, 0.1) is 0 Å². The first-order chi connectivity index (χ1) is 10.2. The van der Waals surface area contributed by atoms with Gasteiger partial charge in [-0.3, -0.25) is 4.90 Å². The van der Waals surface area contributed by atoms with Gasteiger partial charge in [0.15, 0.2) is 0 Å². The molecule has 1 aliphatic heterocycles. The van der Waals surface area contributed by atoms with Crippen LogP contribution in [0.4, 0.5) is 0 Å². The largest absolute Gasteiger partial charge is 0.385 e. The van der Waals surface area contributed by atoms with Crippen LogP contribution < -0.4 is 5.32 Å². The van der Waals surface area contributed by atoms with E-state index in [0.29, 0.717) is 11.1 Å². The summed E-state index contributed by atoms with van der Waals surface area (Å²) in [4.78, 5) is 2.54. The number of nitrogens with zero attached hydrogens (tertiary/aromatic N) is 1. The van der Waals surface area contributed by atoms with E-state index in [1.165, 1.54) is 12.8 Å². The summed E-state index contributed by atoms with van der Waals surface area (Å²) in [7, 11) is 1.75. The highest BCUT2D eigenvalue weighted by atomic mass is 35.5. The summed E-state index contributed by atoms with van der Waals surface area (Å²) in [5.41, 5.74) is 1.15. The molecule has 0 atom stereocenters. The molecule has 0 saturated carbocycles. The first-order valence-electron chi connectivity index (χ1n) is 7.58. The Morgan fingerprint density at radius 1 is 1.29 bits per heavy atom. The summed E-state index contributed by atoms with van der Waals surface area (Å²) in [5.74, 6) is 0. The van der Waals surface area contributed by atoms with Gasteiger partial charge in [-0.05, 0) is 50.0 Å². The van der Waals surface area contributed by atoms with Gasteiger partial charge >= 0.3 is 0 Å². The highest BCUT2D eigenvalue weighted by Crippen LogP contribution is 2.24. The number of benzene rings is 1. The van der Waals surface area contributed by atoms with Crippen molar-refractivity contribution in [1.29, 1.82) is 0 Å². The lowest BCUT2D eigenvalue weighted by atomic mass is 10.0. The first-order valence-corrected chi connectivity index (χ1v) is 8.34. The molecule has 0 amide bonds. The van der Waals surface area contributed by atoms with Crippen LogP contribution in [0.2, 0.25) is 10.0 Å². The second kappa shape index (κ2) is 8.96. The van der Waals surface area contributed by atoms with Crippen molar-refractivity contribution < 1.29 is 4.74 Å². The van der Waals surface area contributed by atoms with E-state index in [9.17, 15) is 0 Å². The standard InChI is InChI=1S/C16H24Cl2N2O/c1-21-10-2-9-20(15-5-7-19-8-6-15)12-13-3-4-14(17)11-16(13)18/h3-4,11,15,19H,2,5-10,12H2,1H3. The van der Waals surface area contributed by atoms with E-state index in [4.69, 9.17) is 27.9 Å². The van der Waals surface area contributed by atoms with Crippen LogP contribution in [0.3, 0.4) is 0 Å². The van der Waals surface area contributed by atoms with Gasteiger partial charge in [0, 0.05) is 42.9 Å². The van der Waals surface area contributed by atoms with Gasteiger partial charge in [0.25, 0.3) is 0 Å². The Bertz CT molecular complexity index is 436. The smallest absolute Gasteiger partial charge is 0.0474 e. The highest BCUT2D eigenvalue weighted by Gasteiger charge is 2.21. The van der Waals surface area contributed by atoms with Crippen LogP contribution in [0.5, 0.6) is 0 Å². The molecule has 0 aliphatic carbocycles. The number of hydrogen-bond acceptors (Lipinski definition) is 3. The van der Waals surface area contributed by atoms with Gasteiger partial charge in [0.1, 0.15) is 0 Å². The fourth-order valence-electron chi connectivity index (χ4n) is 2.84. The highest BCUT2D eigenvalue weighted by molar-refractivity contribution is 6.35. The molecule has 0 aromatic heterocycles. The maximum atomic E-state index is 6.33. The number of ether oxygens (including phenoxy) is 1. The average molecular weight is 331 g/mol. The molecule has 1 heterocycles. The molecular formula is C16H24Cl2N2O. The number of piperidine rings is 1. The Morgan fingerprint density at radius 2 is 2.05 bits per heavy atom. The van der Waals surface area contributed by atoms with Gasteiger partial charge in [-0.2, -0.15) is 0 Å². The molecule has 0 radical (unpaired) electrons. The van der Waals surface area contributed by atoms with Crippen molar-refractivity contribution in [2.24, 2.45) is 0 Å². The van der Waals surface area contributed by atoms with Crippen LogP contribution in [-0.4, -0.2) is 44.3 Å². The Kier molecular flexibility index (Phi) is 7.27. The fraction of sp³-hybridized carbons (Fsp3) is 0.625. The lowest BCUT2D eigenvalue weighted by Crippen LogP contribution is -2.43. The summed E-state index contributed by atoms with van der Waals surface area (Å²) in [5, 5.41) is 4.87. The minimum Gasteiger partial charge on any atom is -0.385 e. The second-order valence-corrected chi connectivity index (χ2v) is 6.38. The van der Waals surface area contributed by atoms with Gasteiger partial charge in [-0.1, -0.05) is 29.3 Å². The van der Waals surface area contributed by atoms with Crippen molar-refractivity contribution in [2.75, 3.05) is 33.4 Å². The molecule has 1 aromatic carbocycles. The number of nitrogens with one attached hydrogen (secondary N) is 1. The maximum Gasteiger partial charge on any atom is 0.0474 e. The van der Waals surface area contributed by atoms with E-state index in [2.05, 4.69) is 10.2 Å². The molecule has 118 valence electrons. The van der Waals surface area contributed by atoms with E-state index in [1.807, 2.05) is 18.2 Å². The van der Waals surface area contributed by atoms with Gasteiger partial charge in [-0.25, -0.2) is 0 Å².